The smallest absolute Gasteiger partial charge is 0.259 e. The van der Waals surface area contributed by atoms with Crippen LogP contribution in [0.1, 0.15) is 21.7 Å². The number of aryl methyl sites for hydroxylation is 1. The third-order valence-corrected chi connectivity index (χ3v) is 6.23. The molecule has 8 nitrogen and oxygen atoms in total. The summed E-state index contributed by atoms with van der Waals surface area (Å²) in [5, 5.41) is 10.8. The summed E-state index contributed by atoms with van der Waals surface area (Å²) in [5.41, 5.74) is 3.34. The van der Waals surface area contributed by atoms with E-state index in [1.807, 2.05) is 55.5 Å². The van der Waals surface area contributed by atoms with Gasteiger partial charge in [0.2, 0.25) is 0 Å². The fraction of sp³-hybridized carbons (Fsp3) is 0.231. The van der Waals surface area contributed by atoms with Crippen LogP contribution >= 0.6 is 11.6 Å². The standard InChI is InChI=1S/C26H26ClN7O/c1-18-29-24(32-31-18)20-7-9-22(10-8-20)30-26(35)23-6-3-11-28-25(23)34-14-12-33(13-15-34)17-19-4-2-5-21(27)16-19/h2-11,16H,12-15,17H2,1H3,(H,30,35)(H,29,31,32). The van der Waals surface area contributed by atoms with E-state index in [2.05, 4.69) is 41.3 Å². The summed E-state index contributed by atoms with van der Waals surface area (Å²) in [6, 6.07) is 19.1. The molecule has 2 N–H and O–H groups in total. The van der Waals surface area contributed by atoms with Crippen LogP contribution in [-0.2, 0) is 6.54 Å². The second kappa shape index (κ2) is 10.2. The summed E-state index contributed by atoms with van der Waals surface area (Å²) < 4.78 is 0. The number of amides is 1. The molecule has 0 saturated carbocycles. The number of nitrogens with one attached hydrogen (secondary N) is 2. The minimum Gasteiger partial charge on any atom is -0.353 e. The molecule has 5 rings (SSSR count). The average molecular weight is 488 g/mol. The number of piperazine rings is 1. The van der Waals surface area contributed by atoms with Gasteiger partial charge in [-0.1, -0.05) is 23.7 Å². The van der Waals surface area contributed by atoms with Crippen molar-refractivity contribution in [3.8, 4) is 11.4 Å². The van der Waals surface area contributed by atoms with Crippen LogP contribution in [0.2, 0.25) is 5.02 Å². The van der Waals surface area contributed by atoms with E-state index in [1.54, 1.807) is 12.3 Å². The molecule has 0 spiro atoms. The third kappa shape index (κ3) is 5.50. The van der Waals surface area contributed by atoms with Gasteiger partial charge < -0.3 is 10.2 Å². The molecular weight excluding hydrogens is 462 g/mol. The van der Waals surface area contributed by atoms with Crippen LogP contribution in [0.5, 0.6) is 0 Å². The van der Waals surface area contributed by atoms with Gasteiger partial charge in [-0.25, -0.2) is 9.97 Å². The summed E-state index contributed by atoms with van der Waals surface area (Å²) in [4.78, 5) is 26.6. The lowest BCUT2D eigenvalue weighted by Gasteiger charge is -2.36. The highest BCUT2D eigenvalue weighted by Crippen LogP contribution is 2.23. The molecule has 9 heteroatoms. The molecule has 0 bridgehead atoms. The highest BCUT2D eigenvalue weighted by molar-refractivity contribution is 6.30. The van der Waals surface area contributed by atoms with Gasteiger partial charge in [0.15, 0.2) is 5.82 Å². The van der Waals surface area contributed by atoms with Crippen molar-refractivity contribution in [2.24, 2.45) is 0 Å². The number of halogens is 1. The fourth-order valence-corrected chi connectivity index (χ4v) is 4.42. The number of hydrogen-bond donors (Lipinski definition) is 2. The van der Waals surface area contributed by atoms with E-state index in [0.717, 1.165) is 49.1 Å². The number of aromatic nitrogens is 4. The van der Waals surface area contributed by atoms with Crippen molar-refractivity contribution >= 4 is 29.0 Å². The molecule has 1 saturated heterocycles. The first kappa shape index (κ1) is 23.0. The number of hydrogen-bond acceptors (Lipinski definition) is 6. The van der Waals surface area contributed by atoms with Crippen LogP contribution in [0.4, 0.5) is 11.5 Å². The van der Waals surface area contributed by atoms with E-state index in [4.69, 9.17) is 11.6 Å². The maximum Gasteiger partial charge on any atom is 0.259 e. The SMILES string of the molecule is Cc1nc(-c2ccc(NC(=O)c3cccnc3N3CCN(Cc4cccc(Cl)c4)CC3)cc2)n[nH]1. The zero-order valence-electron chi connectivity index (χ0n) is 19.4. The van der Waals surface area contributed by atoms with Crippen LogP contribution < -0.4 is 10.2 Å². The predicted molar refractivity (Wildman–Crippen MR) is 138 cm³/mol. The van der Waals surface area contributed by atoms with Gasteiger partial charge >= 0.3 is 0 Å². The third-order valence-electron chi connectivity index (χ3n) is 6.00. The Balaban J connectivity index is 1.23. The quantitative estimate of drug-likeness (QED) is 0.419. The van der Waals surface area contributed by atoms with Crippen molar-refractivity contribution in [3.05, 3.63) is 88.8 Å². The first-order valence-corrected chi connectivity index (χ1v) is 11.9. The molecule has 1 aliphatic rings. The lowest BCUT2D eigenvalue weighted by molar-refractivity contribution is 0.102. The average Bonchev–Trinajstić information content (AvgIpc) is 3.31. The second-order valence-electron chi connectivity index (χ2n) is 8.54. The summed E-state index contributed by atoms with van der Waals surface area (Å²) in [6.07, 6.45) is 1.73. The summed E-state index contributed by atoms with van der Waals surface area (Å²) in [6.45, 7) is 6.06. The van der Waals surface area contributed by atoms with E-state index in [-0.39, 0.29) is 5.91 Å². The molecule has 1 aliphatic heterocycles. The maximum absolute atomic E-state index is 13.1. The van der Waals surface area contributed by atoms with E-state index in [9.17, 15) is 4.79 Å². The normalized spacial score (nSPS) is 14.2. The van der Waals surface area contributed by atoms with Gasteiger partial charge in [0.25, 0.3) is 5.91 Å². The van der Waals surface area contributed by atoms with Gasteiger partial charge in [-0.3, -0.25) is 14.8 Å². The van der Waals surface area contributed by atoms with Crippen LogP contribution in [0.3, 0.4) is 0 Å². The van der Waals surface area contributed by atoms with Crippen LogP contribution in [0, 0.1) is 6.92 Å². The van der Waals surface area contributed by atoms with Crippen molar-refractivity contribution in [2.45, 2.75) is 13.5 Å². The molecule has 2 aromatic carbocycles. The maximum atomic E-state index is 13.1. The van der Waals surface area contributed by atoms with Gasteiger partial charge in [0, 0.05) is 55.2 Å². The molecule has 2 aromatic heterocycles. The first-order chi connectivity index (χ1) is 17.0. The summed E-state index contributed by atoms with van der Waals surface area (Å²) in [7, 11) is 0. The molecule has 1 amide bonds. The molecule has 0 unspecified atom stereocenters. The number of pyridine rings is 1. The minimum absolute atomic E-state index is 0.184. The van der Waals surface area contributed by atoms with Crippen molar-refractivity contribution in [1.82, 2.24) is 25.1 Å². The number of benzene rings is 2. The van der Waals surface area contributed by atoms with Gasteiger partial charge in [-0.15, -0.1) is 0 Å². The lowest BCUT2D eigenvalue weighted by Crippen LogP contribution is -2.46. The highest BCUT2D eigenvalue weighted by Gasteiger charge is 2.23. The van der Waals surface area contributed by atoms with Gasteiger partial charge in [-0.2, -0.15) is 5.10 Å². The Morgan fingerprint density at radius 2 is 1.86 bits per heavy atom. The van der Waals surface area contributed by atoms with Crippen molar-refractivity contribution in [2.75, 3.05) is 36.4 Å². The Morgan fingerprint density at radius 1 is 1.06 bits per heavy atom. The van der Waals surface area contributed by atoms with Crippen LogP contribution in [0.15, 0.2) is 66.9 Å². The molecule has 35 heavy (non-hydrogen) atoms. The van der Waals surface area contributed by atoms with Gasteiger partial charge in [0.1, 0.15) is 11.6 Å². The molecular formula is C26H26ClN7O. The van der Waals surface area contributed by atoms with Crippen LogP contribution in [0.25, 0.3) is 11.4 Å². The fourth-order valence-electron chi connectivity index (χ4n) is 4.21. The van der Waals surface area contributed by atoms with E-state index < -0.39 is 0 Å². The Labute approximate surface area is 209 Å². The molecule has 0 radical (unpaired) electrons. The van der Waals surface area contributed by atoms with Gasteiger partial charge in [-0.05, 0) is 61.0 Å². The number of H-pyrrole nitrogens is 1. The Bertz CT molecular complexity index is 1310. The monoisotopic (exact) mass is 487 g/mol. The Hall–Kier alpha value is -3.75. The molecule has 0 aliphatic carbocycles. The summed E-state index contributed by atoms with van der Waals surface area (Å²) >= 11 is 6.13. The summed E-state index contributed by atoms with van der Waals surface area (Å²) in [5.74, 6) is 1.91. The lowest BCUT2D eigenvalue weighted by atomic mass is 10.1. The molecule has 178 valence electrons. The van der Waals surface area contributed by atoms with Gasteiger partial charge in [0.05, 0.1) is 5.56 Å². The van der Waals surface area contributed by atoms with E-state index in [1.165, 1.54) is 5.56 Å². The number of anilines is 2. The number of carbonyl (C=O) groups excluding carboxylic acids is 1. The topological polar surface area (TPSA) is 90.0 Å². The van der Waals surface area contributed by atoms with E-state index >= 15 is 0 Å². The number of aromatic amines is 1. The molecule has 0 atom stereocenters. The second-order valence-corrected chi connectivity index (χ2v) is 8.98. The first-order valence-electron chi connectivity index (χ1n) is 11.5. The Morgan fingerprint density at radius 3 is 2.57 bits per heavy atom. The zero-order chi connectivity index (χ0) is 24.2. The van der Waals surface area contributed by atoms with Crippen molar-refractivity contribution < 1.29 is 4.79 Å². The van der Waals surface area contributed by atoms with Crippen molar-refractivity contribution in [1.29, 1.82) is 0 Å². The highest BCUT2D eigenvalue weighted by atomic mass is 35.5. The Kier molecular flexibility index (Phi) is 6.74. The largest absolute Gasteiger partial charge is 0.353 e. The predicted octanol–water partition coefficient (Wildman–Crippen LogP) is 4.40. The number of carbonyl (C=O) groups is 1. The minimum atomic E-state index is -0.184. The van der Waals surface area contributed by atoms with E-state index in [0.29, 0.717) is 22.9 Å². The molecule has 3 heterocycles. The van der Waals surface area contributed by atoms with Crippen molar-refractivity contribution in [3.63, 3.8) is 0 Å². The zero-order valence-corrected chi connectivity index (χ0v) is 20.2. The number of nitrogens with zero attached hydrogens (tertiary/aromatic N) is 5. The van der Waals surface area contributed by atoms with Crippen LogP contribution in [-0.4, -0.2) is 57.2 Å². The molecule has 4 aromatic rings. The number of rotatable bonds is 6. The molecule has 1 fully saturated rings.